The second kappa shape index (κ2) is 9.81. The predicted octanol–water partition coefficient (Wildman–Crippen LogP) is 2.61. The summed E-state index contributed by atoms with van der Waals surface area (Å²) in [6.45, 7) is 9.14. The van der Waals surface area contributed by atoms with Gasteiger partial charge in [-0.15, -0.1) is 0 Å². The highest BCUT2D eigenvalue weighted by Gasteiger charge is 2.23. The van der Waals surface area contributed by atoms with Gasteiger partial charge in [0.1, 0.15) is 0 Å². The minimum atomic E-state index is 0.465. The third kappa shape index (κ3) is 5.63. The first-order valence-corrected chi connectivity index (χ1v) is 10.3. The fourth-order valence-electron chi connectivity index (χ4n) is 3.93. The Balaban J connectivity index is 1.33. The molecule has 0 saturated carbocycles. The van der Waals surface area contributed by atoms with E-state index in [0.29, 0.717) is 6.04 Å². The average molecular weight is 358 g/mol. The maximum Gasteiger partial charge on any atom is 0.191 e. The molecule has 5 heteroatoms. The van der Waals surface area contributed by atoms with Gasteiger partial charge >= 0.3 is 0 Å². The number of likely N-dealkylation sites (tertiary alicyclic amines) is 1. The lowest BCUT2D eigenvalue weighted by Crippen LogP contribution is -2.44. The maximum atomic E-state index is 4.40. The van der Waals surface area contributed by atoms with Crippen LogP contribution in [-0.4, -0.2) is 63.2 Å². The highest BCUT2D eigenvalue weighted by atomic mass is 15.2. The van der Waals surface area contributed by atoms with Crippen LogP contribution in [-0.2, 0) is 0 Å². The fourth-order valence-corrected chi connectivity index (χ4v) is 3.93. The van der Waals surface area contributed by atoms with Crippen molar-refractivity contribution < 1.29 is 0 Å². The van der Waals surface area contributed by atoms with Crippen LogP contribution in [0.4, 0.5) is 5.69 Å². The summed E-state index contributed by atoms with van der Waals surface area (Å²) >= 11 is 0. The van der Waals surface area contributed by atoms with Crippen LogP contribution in [0.2, 0.25) is 0 Å². The molecule has 1 unspecified atom stereocenters. The van der Waals surface area contributed by atoms with Crippen molar-refractivity contribution in [3.05, 3.63) is 29.8 Å². The molecular weight excluding hydrogens is 322 g/mol. The number of aryl methyl sites for hydroxylation is 1. The Morgan fingerprint density at radius 1 is 1.12 bits per heavy atom. The van der Waals surface area contributed by atoms with Gasteiger partial charge < -0.3 is 20.4 Å². The van der Waals surface area contributed by atoms with Crippen molar-refractivity contribution in [3.8, 4) is 0 Å². The normalized spacial score (nSPS) is 21.4. The van der Waals surface area contributed by atoms with Gasteiger partial charge in [-0.2, -0.15) is 0 Å². The molecule has 0 amide bonds. The molecule has 0 aliphatic carbocycles. The van der Waals surface area contributed by atoms with Crippen LogP contribution in [0.25, 0.3) is 0 Å². The molecule has 3 rings (SSSR count). The summed E-state index contributed by atoms with van der Waals surface area (Å²) in [5.74, 6) is 0.946. The smallest absolute Gasteiger partial charge is 0.191 e. The summed E-state index contributed by atoms with van der Waals surface area (Å²) in [4.78, 5) is 9.45. The molecule has 0 spiro atoms. The van der Waals surface area contributed by atoms with Crippen molar-refractivity contribution in [2.75, 3.05) is 51.2 Å². The Kier molecular flexibility index (Phi) is 7.18. The molecule has 2 N–H and O–H groups in total. The fraction of sp³-hybridized carbons (Fsp3) is 0.667. The van der Waals surface area contributed by atoms with Crippen molar-refractivity contribution in [2.24, 2.45) is 4.99 Å². The number of unbranched alkanes of at least 4 members (excludes halogenated alkanes) is 1. The number of anilines is 1. The van der Waals surface area contributed by atoms with Gasteiger partial charge in [-0.3, -0.25) is 4.99 Å². The van der Waals surface area contributed by atoms with Crippen molar-refractivity contribution in [1.29, 1.82) is 0 Å². The number of nitrogens with one attached hydrogen (secondary N) is 2. The van der Waals surface area contributed by atoms with Gasteiger partial charge in [-0.25, -0.2) is 0 Å². The topological polar surface area (TPSA) is 42.9 Å². The monoisotopic (exact) mass is 357 g/mol. The number of aliphatic imine (C=N–C) groups is 1. The van der Waals surface area contributed by atoms with Gasteiger partial charge in [0.05, 0.1) is 0 Å². The standard InChI is InChI=1S/C21H35N5/c1-18-7-9-20(10-8-18)26-16-11-19(17-26)24-21(22-2)23-12-3-4-13-25-14-5-6-15-25/h7-10,19H,3-6,11-17H2,1-2H3,(H2,22,23,24). The zero-order chi connectivity index (χ0) is 18.2. The first-order chi connectivity index (χ1) is 12.7. The van der Waals surface area contributed by atoms with Gasteiger partial charge in [-0.05, 0) is 70.8 Å². The molecule has 1 atom stereocenters. The van der Waals surface area contributed by atoms with E-state index >= 15 is 0 Å². The molecule has 0 aromatic heterocycles. The van der Waals surface area contributed by atoms with Crippen LogP contribution < -0.4 is 15.5 Å². The zero-order valence-electron chi connectivity index (χ0n) is 16.5. The third-order valence-electron chi connectivity index (χ3n) is 5.54. The molecular formula is C21H35N5. The Morgan fingerprint density at radius 3 is 2.62 bits per heavy atom. The van der Waals surface area contributed by atoms with Crippen LogP contribution >= 0.6 is 0 Å². The lowest BCUT2D eigenvalue weighted by atomic mass is 10.2. The number of nitrogens with zero attached hydrogens (tertiary/aromatic N) is 3. The molecule has 2 saturated heterocycles. The van der Waals surface area contributed by atoms with Gasteiger partial charge in [0.25, 0.3) is 0 Å². The first kappa shape index (κ1) is 19.0. The van der Waals surface area contributed by atoms with Crippen LogP contribution in [0.5, 0.6) is 0 Å². The second-order valence-electron chi connectivity index (χ2n) is 7.67. The Hall–Kier alpha value is -1.75. The summed E-state index contributed by atoms with van der Waals surface area (Å²) < 4.78 is 0. The van der Waals surface area contributed by atoms with Gasteiger partial charge in [0, 0.05) is 38.4 Å². The summed E-state index contributed by atoms with van der Waals surface area (Å²) in [7, 11) is 1.87. The third-order valence-corrected chi connectivity index (χ3v) is 5.54. The summed E-state index contributed by atoms with van der Waals surface area (Å²) in [6.07, 6.45) is 6.40. The van der Waals surface area contributed by atoms with Crippen molar-refractivity contribution in [3.63, 3.8) is 0 Å². The minimum absolute atomic E-state index is 0.465. The molecule has 2 aliphatic rings. The number of hydrogen-bond acceptors (Lipinski definition) is 3. The molecule has 2 fully saturated rings. The van der Waals surface area contributed by atoms with E-state index in [0.717, 1.165) is 32.0 Å². The largest absolute Gasteiger partial charge is 0.369 e. The Labute approximate surface area is 158 Å². The van der Waals surface area contributed by atoms with E-state index in [1.54, 1.807) is 0 Å². The van der Waals surface area contributed by atoms with Crippen molar-refractivity contribution >= 4 is 11.6 Å². The van der Waals surface area contributed by atoms with Gasteiger partial charge in [0.2, 0.25) is 0 Å². The summed E-state index contributed by atoms with van der Waals surface area (Å²) in [6, 6.07) is 9.31. The first-order valence-electron chi connectivity index (χ1n) is 10.3. The summed E-state index contributed by atoms with van der Waals surface area (Å²) in [5, 5.41) is 7.08. The van der Waals surface area contributed by atoms with E-state index < -0.39 is 0 Å². The van der Waals surface area contributed by atoms with Crippen molar-refractivity contribution in [1.82, 2.24) is 15.5 Å². The Morgan fingerprint density at radius 2 is 1.88 bits per heavy atom. The second-order valence-corrected chi connectivity index (χ2v) is 7.67. The molecule has 2 aliphatic heterocycles. The molecule has 1 aromatic rings. The van der Waals surface area contributed by atoms with Crippen molar-refractivity contribution in [2.45, 2.75) is 45.1 Å². The van der Waals surface area contributed by atoms with E-state index in [1.807, 2.05) is 7.05 Å². The lowest BCUT2D eigenvalue weighted by Gasteiger charge is -2.20. The molecule has 0 bridgehead atoms. The average Bonchev–Trinajstić information content (AvgIpc) is 3.33. The highest BCUT2D eigenvalue weighted by molar-refractivity contribution is 5.80. The minimum Gasteiger partial charge on any atom is -0.369 e. The predicted molar refractivity (Wildman–Crippen MR) is 111 cm³/mol. The Bertz CT molecular complexity index is 562. The van der Waals surface area contributed by atoms with E-state index in [4.69, 9.17) is 0 Å². The van der Waals surface area contributed by atoms with Crippen LogP contribution in [0, 0.1) is 6.92 Å². The van der Waals surface area contributed by atoms with Crippen LogP contribution in [0.15, 0.2) is 29.3 Å². The quantitative estimate of drug-likeness (QED) is 0.447. The van der Waals surface area contributed by atoms with E-state index in [-0.39, 0.29) is 0 Å². The zero-order valence-corrected chi connectivity index (χ0v) is 16.5. The summed E-state index contributed by atoms with van der Waals surface area (Å²) in [5.41, 5.74) is 2.64. The molecule has 2 heterocycles. The molecule has 1 aromatic carbocycles. The molecule has 26 heavy (non-hydrogen) atoms. The maximum absolute atomic E-state index is 4.40. The SMILES string of the molecule is CN=C(NCCCCN1CCCC1)NC1CCN(c2ccc(C)cc2)C1. The van der Waals surface area contributed by atoms with E-state index in [2.05, 4.69) is 56.6 Å². The number of guanidine groups is 1. The van der Waals surface area contributed by atoms with Gasteiger partial charge in [0.15, 0.2) is 5.96 Å². The lowest BCUT2D eigenvalue weighted by molar-refractivity contribution is 0.330. The number of benzene rings is 1. The molecule has 5 nitrogen and oxygen atoms in total. The number of hydrogen-bond donors (Lipinski definition) is 2. The molecule has 0 radical (unpaired) electrons. The molecule has 144 valence electrons. The highest BCUT2D eigenvalue weighted by Crippen LogP contribution is 2.20. The van der Waals surface area contributed by atoms with Crippen LogP contribution in [0.3, 0.4) is 0 Å². The van der Waals surface area contributed by atoms with E-state index in [9.17, 15) is 0 Å². The van der Waals surface area contributed by atoms with E-state index in [1.165, 1.54) is 56.6 Å². The van der Waals surface area contributed by atoms with Gasteiger partial charge in [-0.1, -0.05) is 17.7 Å². The number of rotatable bonds is 7. The van der Waals surface area contributed by atoms with Crippen LogP contribution in [0.1, 0.15) is 37.7 Å².